The summed E-state index contributed by atoms with van der Waals surface area (Å²) in [6.07, 6.45) is 0. The van der Waals surface area contributed by atoms with Crippen LogP contribution in [-0.2, 0) is 0 Å². The molecule has 0 spiro atoms. The number of imide groups is 1. The highest BCUT2D eigenvalue weighted by Crippen LogP contribution is 2.21. The predicted molar refractivity (Wildman–Crippen MR) is 89.6 cm³/mol. The summed E-state index contributed by atoms with van der Waals surface area (Å²) in [6, 6.07) is 6.90. The number of benzene rings is 1. The van der Waals surface area contributed by atoms with Crippen LogP contribution >= 0.6 is 15.9 Å². The molecule has 1 aliphatic rings. The second-order valence-corrected chi connectivity index (χ2v) is 3.79. The Labute approximate surface area is 131 Å². The van der Waals surface area contributed by atoms with Gasteiger partial charge in [-0.2, -0.15) is 0 Å². The van der Waals surface area contributed by atoms with E-state index in [0.717, 1.165) is 0 Å². The van der Waals surface area contributed by atoms with E-state index < -0.39 is 0 Å². The van der Waals surface area contributed by atoms with Crippen molar-refractivity contribution in [3.8, 4) is 0 Å². The Morgan fingerprint density at radius 2 is 1.20 bits per heavy atom. The Bertz CT molecular complexity index is 370. The van der Waals surface area contributed by atoms with Crippen molar-refractivity contribution < 1.29 is 9.59 Å². The highest BCUT2D eigenvalue weighted by Gasteiger charge is 2.34. The van der Waals surface area contributed by atoms with Crippen molar-refractivity contribution >= 4 is 27.7 Å². The summed E-state index contributed by atoms with van der Waals surface area (Å²) in [6.45, 7) is 12.4. The molecule has 4 heteroatoms. The number of rotatable bonds is 2. The lowest BCUT2D eigenvalue weighted by atomic mass is 10.1. The molecular formula is C16H26BrNO2. The minimum Gasteiger partial charge on any atom is -0.273 e. The first-order valence-electron chi connectivity index (χ1n) is 7.27. The number of hydrogen-bond acceptors (Lipinski definition) is 2. The van der Waals surface area contributed by atoms with Crippen molar-refractivity contribution in [3.63, 3.8) is 0 Å². The molecule has 1 aromatic carbocycles. The number of carbonyl (C=O) groups is 2. The first kappa shape index (κ1) is 21.1. The number of alkyl halides is 1. The molecule has 0 unspecified atom stereocenters. The lowest BCUT2D eigenvalue weighted by Crippen LogP contribution is -2.31. The lowest BCUT2D eigenvalue weighted by molar-refractivity contribution is 0.0665. The molecule has 2 amide bonds. The van der Waals surface area contributed by atoms with Crippen LogP contribution < -0.4 is 0 Å². The van der Waals surface area contributed by atoms with E-state index in [2.05, 4.69) is 15.9 Å². The zero-order valence-electron chi connectivity index (χ0n) is 13.4. The molecule has 1 aromatic rings. The van der Waals surface area contributed by atoms with Gasteiger partial charge in [-0.1, -0.05) is 69.6 Å². The second-order valence-electron chi connectivity index (χ2n) is 3.00. The molecule has 0 fully saturated rings. The van der Waals surface area contributed by atoms with Crippen molar-refractivity contribution in [1.29, 1.82) is 0 Å². The lowest BCUT2D eigenvalue weighted by Gasteiger charge is -2.10. The fourth-order valence-corrected chi connectivity index (χ4v) is 1.88. The quantitative estimate of drug-likeness (QED) is 0.573. The Morgan fingerprint density at radius 1 is 0.850 bits per heavy atom. The molecule has 20 heavy (non-hydrogen) atoms. The highest BCUT2D eigenvalue weighted by atomic mass is 79.9. The first-order valence-corrected chi connectivity index (χ1v) is 8.39. The number of hydrogen-bond donors (Lipinski definition) is 0. The van der Waals surface area contributed by atoms with Crippen LogP contribution in [0.15, 0.2) is 24.3 Å². The third kappa shape index (κ3) is 5.08. The Balaban J connectivity index is 0. The summed E-state index contributed by atoms with van der Waals surface area (Å²) in [5.74, 6) is -0.380. The van der Waals surface area contributed by atoms with Gasteiger partial charge in [-0.25, -0.2) is 0 Å². The zero-order chi connectivity index (χ0) is 16.1. The van der Waals surface area contributed by atoms with Crippen LogP contribution in [0.3, 0.4) is 0 Å². The largest absolute Gasteiger partial charge is 0.273 e. The average Bonchev–Trinajstić information content (AvgIpc) is 2.79. The minimum absolute atomic E-state index is 0.190. The number of carbonyl (C=O) groups excluding carboxylic acids is 2. The summed E-state index contributed by atoms with van der Waals surface area (Å²) in [4.78, 5) is 24.6. The number of amides is 2. The summed E-state index contributed by atoms with van der Waals surface area (Å²) in [5.41, 5.74) is 1.02. The zero-order valence-corrected chi connectivity index (χ0v) is 15.0. The molecule has 1 heterocycles. The Hall–Kier alpha value is -1.16. The van der Waals surface area contributed by atoms with Gasteiger partial charge in [0.05, 0.1) is 11.1 Å². The third-order valence-corrected chi connectivity index (χ3v) is 2.54. The molecule has 0 aromatic heterocycles. The number of nitrogens with zero attached hydrogens (tertiary/aromatic N) is 1. The van der Waals surface area contributed by atoms with Crippen LogP contribution in [0.5, 0.6) is 0 Å². The maximum absolute atomic E-state index is 11.7. The van der Waals surface area contributed by atoms with Gasteiger partial charge < -0.3 is 0 Å². The summed E-state index contributed by atoms with van der Waals surface area (Å²) >= 11 is 3.21. The second kappa shape index (κ2) is 12.9. The minimum atomic E-state index is -0.190. The van der Waals surface area contributed by atoms with Gasteiger partial charge in [0, 0.05) is 11.9 Å². The molecule has 0 bridgehead atoms. The van der Waals surface area contributed by atoms with E-state index in [9.17, 15) is 9.59 Å². The monoisotopic (exact) mass is 343 g/mol. The standard InChI is InChI=1S/C10H8BrNO2.3C2H6/c11-5-6-12-9(13)7-3-1-2-4-8(7)10(12)14;3*1-2/h1-4H,5-6H2;3*1-2H3. The van der Waals surface area contributed by atoms with Gasteiger partial charge in [0.15, 0.2) is 0 Å². The third-order valence-electron chi connectivity index (χ3n) is 2.19. The molecule has 0 aliphatic carbocycles. The SMILES string of the molecule is CC.CC.CC.O=C1c2ccccc2C(=O)N1CCBr. The molecule has 114 valence electrons. The molecule has 0 saturated heterocycles. The number of halogens is 1. The molecule has 1 aliphatic heterocycles. The van der Waals surface area contributed by atoms with E-state index in [4.69, 9.17) is 0 Å². The van der Waals surface area contributed by atoms with E-state index in [-0.39, 0.29) is 11.8 Å². The van der Waals surface area contributed by atoms with Gasteiger partial charge in [-0.15, -0.1) is 0 Å². The summed E-state index contributed by atoms with van der Waals surface area (Å²) < 4.78 is 0. The number of fused-ring (bicyclic) bond motifs is 1. The average molecular weight is 344 g/mol. The molecule has 0 saturated carbocycles. The van der Waals surface area contributed by atoms with Gasteiger partial charge >= 0.3 is 0 Å². The van der Waals surface area contributed by atoms with E-state index in [1.54, 1.807) is 24.3 Å². The summed E-state index contributed by atoms with van der Waals surface area (Å²) in [5, 5.41) is 0.610. The topological polar surface area (TPSA) is 37.4 Å². The smallest absolute Gasteiger partial charge is 0.261 e. The molecule has 0 atom stereocenters. The predicted octanol–water partition coefficient (Wildman–Crippen LogP) is 4.76. The van der Waals surface area contributed by atoms with E-state index in [0.29, 0.717) is 23.0 Å². The summed E-state index contributed by atoms with van der Waals surface area (Å²) in [7, 11) is 0. The van der Waals surface area contributed by atoms with Crippen molar-refractivity contribution in [3.05, 3.63) is 35.4 Å². The van der Waals surface area contributed by atoms with Gasteiger partial charge in [0.25, 0.3) is 11.8 Å². The maximum Gasteiger partial charge on any atom is 0.261 e. The molecule has 0 radical (unpaired) electrons. The molecule has 2 rings (SSSR count). The van der Waals surface area contributed by atoms with Crippen molar-refractivity contribution in [2.45, 2.75) is 41.5 Å². The highest BCUT2D eigenvalue weighted by molar-refractivity contribution is 9.09. The molecule has 0 N–H and O–H groups in total. The van der Waals surface area contributed by atoms with E-state index in [1.807, 2.05) is 41.5 Å². The fraction of sp³-hybridized carbons (Fsp3) is 0.500. The van der Waals surface area contributed by atoms with Crippen molar-refractivity contribution in [1.82, 2.24) is 4.90 Å². The van der Waals surface area contributed by atoms with Crippen LogP contribution in [0.4, 0.5) is 0 Å². The van der Waals surface area contributed by atoms with Crippen LogP contribution in [0, 0.1) is 0 Å². The Morgan fingerprint density at radius 3 is 1.50 bits per heavy atom. The maximum atomic E-state index is 11.7. The van der Waals surface area contributed by atoms with Crippen LogP contribution in [0.1, 0.15) is 62.3 Å². The van der Waals surface area contributed by atoms with Gasteiger partial charge in [-0.05, 0) is 12.1 Å². The van der Waals surface area contributed by atoms with Crippen molar-refractivity contribution in [2.24, 2.45) is 0 Å². The fourth-order valence-electron chi connectivity index (χ4n) is 1.53. The van der Waals surface area contributed by atoms with E-state index >= 15 is 0 Å². The molecule has 3 nitrogen and oxygen atoms in total. The van der Waals surface area contributed by atoms with E-state index in [1.165, 1.54) is 4.90 Å². The van der Waals surface area contributed by atoms with Crippen LogP contribution in [0.2, 0.25) is 0 Å². The van der Waals surface area contributed by atoms with Gasteiger partial charge in [0.1, 0.15) is 0 Å². The normalized spacial score (nSPS) is 11.2. The van der Waals surface area contributed by atoms with Crippen LogP contribution in [-0.4, -0.2) is 28.6 Å². The van der Waals surface area contributed by atoms with Gasteiger partial charge in [-0.3, -0.25) is 14.5 Å². The van der Waals surface area contributed by atoms with Gasteiger partial charge in [0.2, 0.25) is 0 Å². The first-order chi connectivity index (χ1) is 9.75. The van der Waals surface area contributed by atoms with Crippen molar-refractivity contribution in [2.75, 3.05) is 11.9 Å². The van der Waals surface area contributed by atoms with Crippen LogP contribution in [0.25, 0.3) is 0 Å². The molecular weight excluding hydrogens is 318 g/mol. The Kier molecular flexibility index (Phi) is 13.6.